The van der Waals surface area contributed by atoms with E-state index < -0.39 is 0 Å². The maximum absolute atomic E-state index is 5.91. The van der Waals surface area contributed by atoms with E-state index in [1.54, 1.807) is 28.4 Å². The molecule has 6 nitrogen and oxygen atoms in total. The standard InChI is InChI=1S/C34H40N2O4/c1-23(25-13-9-7-10-14-25)35-33(29-21-27(37-3)17-19-31(29)39-5)34(36-24(2)26-15-11-8-12-16-26)30-22-28(38-4)18-20-32(30)40-6/h7-24,33-36H,1-6H3/t23-,24-,33+,34+/m0/s1. The summed E-state index contributed by atoms with van der Waals surface area (Å²) in [4.78, 5) is 0. The maximum atomic E-state index is 5.91. The Hall–Kier alpha value is -4.00. The highest BCUT2D eigenvalue weighted by Gasteiger charge is 2.33. The van der Waals surface area contributed by atoms with E-state index in [1.807, 2.05) is 48.5 Å². The second-order valence-electron chi connectivity index (χ2n) is 9.77. The van der Waals surface area contributed by atoms with Crippen molar-refractivity contribution in [2.24, 2.45) is 0 Å². The fraction of sp³-hybridized carbons (Fsp3) is 0.294. The van der Waals surface area contributed by atoms with Crippen molar-refractivity contribution in [2.45, 2.75) is 38.0 Å². The molecule has 0 unspecified atom stereocenters. The van der Waals surface area contributed by atoms with Crippen molar-refractivity contribution in [3.8, 4) is 23.0 Å². The van der Waals surface area contributed by atoms with Gasteiger partial charge in [0.1, 0.15) is 23.0 Å². The van der Waals surface area contributed by atoms with Crippen molar-refractivity contribution in [1.29, 1.82) is 0 Å². The smallest absolute Gasteiger partial charge is 0.123 e. The lowest BCUT2D eigenvalue weighted by Gasteiger charge is -2.36. The third kappa shape index (κ3) is 6.76. The first kappa shape index (κ1) is 29.0. The Bertz CT molecular complexity index is 1240. The van der Waals surface area contributed by atoms with Gasteiger partial charge in [-0.1, -0.05) is 60.7 Å². The number of ether oxygens (including phenoxy) is 4. The van der Waals surface area contributed by atoms with Gasteiger partial charge in [-0.15, -0.1) is 0 Å². The average Bonchev–Trinajstić information content (AvgIpc) is 3.02. The van der Waals surface area contributed by atoms with Gasteiger partial charge in [0.15, 0.2) is 0 Å². The van der Waals surface area contributed by atoms with Gasteiger partial charge >= 0.3 is 0 Å². The van der Waals surface area contributed by atoms with Gasteiger partial charge in [0.05, 0.1) is 40.5 Å². The summed E-state index contributed by atoms with van der Waals surface area (Å²) in [5, 5.41) is 7.85. The van der Waals surface area contributed by atoms with Crippen LogP contribution in [0.2, 0.25) is 0 Å². The minimum absolute atomic E-state index is 0.0232. The average molecular weight is 541 g/mol. The lowest BCUT2D eigenvalue weighted by atomic mass is 9.89. The molecule has 210 valence electrons. The molecule has 0 aliphatic heterocycles. The molecule has 0 aliphatic carbocycles. The predicted octanol–water partition coefficient (Wildman–Crippen LogP) is 7.21. The Morgan fingerprint density at radius 1 is 0.475 bits per heavy atom. The molecule has 4 atom stereocenters. The van der Waals surface area contributed by atoms with Gasteiger partial charge in [0.25, 0.3) is 0 Å². The van der Waals surface area contributed by atoms with Crippen LogP contribution in [-0.4, -0.2) is 28.4 Å². The van der Waals surface area contributed by atoms with Gasteiger partial charge in [0.2, 0.25) is 0 Å². The zero-order chi connectivity index (χ0) is 28.5. The molecule has 6 heteroatoms. The third-order valence-electron chi connectivity index (χ3n) is 7.34. The molecule has 4 rings (SSSR count). The fourth-order valence-corrected chi connectivity index (χ4v) is 5.11. The number of hydrogen-bond donors (Lipinski definition) is 2. The molecule has 40 heavy (non-hydrogen) atoms. The Kier molecular flexibility index (Phi) is 10.1. The fourth-order valence-electron chi connectivity index (χ4n) is 5.11. The van der Waals surface area contributed by atoms with Crippen molar-refractivity contribution in [3.05, 3.63) is 119 Å². The molecule has 0 heterocycles. The van der Waals surface area contributed by atoms with Crippen LogP contribution in [-0.2, 0) is 0 Å². The molecular formula is C34H40N2O4. The van der Waals surface area contributed by atoms with Crippen LogP contribution in [0.1, 0.15) is 60.3 Å². The molecule has 0 fully saturated rings. The van der Waals surface area contributed by atoms with Gasteiger partial charge in [-0.2, -0.15) is 0 Å². The summed E-state index contributed by atoms with van der Waals surface area (Å²) in [5.41, 5.74) is 4.29. The Labute approximate surface area is 238 Å². The van der Waals surface area contributed by atoms with E-state index in [-0.39, 0.29) is 24.2 Å². The topological polar surface area (TPSA) is 61.0 Å². The predicted molar refractivity (Wildman–Crippen MR) is 161 cm³/mol. The van der Waals surface area contributed by atoms with E-state index in [4.69, 9.17) is 18.9 Å². The summed E-state index contributed by atoms with van der Waals surface area (Å²) in [7, 11) is 6.76. The van der Waals surface area contributed by atoms with Crippen molar-refractivity contribution >= 4 is 0 Å². The van der Waals surface area contributed by atoms with Crippen molar-refractivity contribution in [2.75, 3.05) is 28.4 Å². The monoisotopic (exact) mass is 540 g/mol. The highest BCUT2D eigenvalue weighted by atomic mass is 16.5. The van der Waals surface area contributed by atoms with Gasteiger partial charge in [-0.05, 0) is 61.4 Å². The summed E-state index contributed by atoms with van der Waals surface area (Å²) in [5.74, 6) is 3.03. The minimum atomic E-state index is -0.257. The van der Waals surface area contributed by atoms with E-state index >= 15 is 0 Å². The molecule has 0 spiro atoms. The normalized spacial score (nSPS) is 14.1. The third-order valence-corrected chi connectivity index (χ3v) is 7.34. The lowest BCUT2D eigenvalue weighted by Crippen LogP contribution is -2.38. The van der Waals surface area contributed by atoms with Gasteiger partial charge in [-0.3, -0.25) is 0 Å². The van der Waals surface area contributed by atoms with Crippen LogP contribution >= 0.6 is 0 Å². The molecule has 2 N–H and O–H groups in total. The van der Waals surface area contributed by atoms with Crippen LogP contribution < -0.4 is 29.6 Å². The number of hydrogen-bond acceptors (Lipinski definition) is 6. The SMILES string of the molecule is COc1ccc(OC)c([C@@H](N[C@@H](C)c2ccccc2)[C@H](N[C@@H](C)c2ccccc2)c2cc(OC)ccc2OC)c1. The lowest BCUT2D eigenvalue weighted by molar-refractivity contribution is 0.307. The molecule has 0 saturated carbocycles. The van der Waals surface area contributed by atoms with Crippen LogP contribution in [0.25, 0.3) is 0 Å². The van der Waals surface area contributed by atoms with Crippen molar-refractivity contribution < 1.29 is 18.9 Å². The maximum Gasteiger partial charge on any atom is 0.123 e. The van der Waals surface area contributed by atoms with Gasteiger partial charge < -0.3 is 29.6 Å². The number of benzene rings is 4. The largest absolute Gasteiger partial charge is 0.497 e. The number of methoxy groups -OCH3 is 4. The van der Waals surface area contributed by atoms with E-state index in [9.17, 15) is 0 Å². The van der Waals surface area contributed by atoms with Gasteiger partial charge in [-0.25, -0.2) is 0 Å². The highest BCUT2D eigenvalue weighted by Crippen LogP contribution is 2.42. The zero-order valence-corrected chi connectivity index (χ0v) is 24.2. The van der Waals surface area contributed by atoms with E-state index in [2.05, 4.69) is 73.0 Å². The second kappa shape index (κ2) is 13.9. The molecule has 4 aromatic rings. The Balaban J connectivity index is 1.91. The van der Waals surface area contributed by atoms with Crippen LogP contribution in [0, 0.1) is 0 Å². The molecular weight excluding hydrogens is 500 g/mol. The molecule has 4 aromatic carbocycles. The molecule has 0 bridgehead atoms. The Morgan fingerprint density at radius 3 is 1.18 bits per heavy atom. The first-order valence-corrected chi connectivity index (χ1v) is 13.5. The summed E-state index contributed by atoms with van der Waals surface area (Å²) in [6, 6.07) is 32.2. The van der Waals surface area contributed by atoms with Crippen LogP contribution in [0.15, 0.2) is 97.1 Å². The quantitative estimate of drug-likeness (QED) is 0.187. The summed E-state index contributed by atoms with van der Waals surface area (Å²) in [6.07, 6.45) is 0. The number of nitrogens with one attached hydrogen (secondary N) is 2. The first-order chi connectivity index (χ1) is 19.5. The Morgan fingerprint density at radius 2 is 0.850 bits per heavy atom. The van der Waals surface area contributed by atoms with Crippen molar-refractivity contribution in [3.63, 3.8) is 0 Å². The minimum Gasteiger partial charge on any atom is -0.497 e. The summed E-state index contributed by atoms with van der Waals surface area (Å²) in [6.45, 7) is 4.35. The van der Waals surface area contributed by atoms with E-state index in [1.165, 1.54) is 11.1 Å². The van der Waals surface area contributed by atoms with Crippen LogP contribution in [0.3, 0.4) is 0 Å². The van der Waals surface area contributed by atoms with Gasteiger partial charge in [0, 0.05) is 23.2 Å². The summed E-state index contributed by atoms with van der Waals surface area (Å²) >= 11 is 0. The van der Waals surface area contributed by atoms with Crippen LogP contribution in [0.4, 0.5) is 0 Å². The second-order valence-corrected chi connectivity index (χ2v) is 9.77. The highest BCUT2D eigenvalue weighted by molar-refractivity contribution is 5.48. The van der Waals surface area contributed by atoms with Crippen LogP contribution in [0.5, 0.6) is 23.0 Å². The molecule has 0 aromatic heterocycles. The summed E-state index contributed by atoms with van der Waals surface area (Å²) < 4.78 is 23.1. The molecule has 0 saturated heterocycles. The molecule has 0 amide bonds. The van der Waals surface area contributed by atoms with E-state index in [0.717, 1.165) is 34.1 Å². The molecule has 0 aliphatic rings. The number of rotatable bonds is 13. The zero-order valence-electron chi connectivity index (χ0n) is 24.2. The first-order valence-electron chi connectivity index (χ1n) is 13.5. The van der Waals surface area contributed by atoms with Crippen molar-refractivity contribution in [1.82, 2.24) is 10.6 Å². The molecule has 0 radical (unpaired) electrons. The van der Waals surface area contributed by atoms with E-state index in [0.29, 0.717) is 0 Å².